The van der Waals surface area contributed by atoms with Gasteiger partial charge < -0.3 is 10.6 Å². The van der Waals surface area contributed by atoms with Gasteiger partial charge in [0.25, 0.3) is 0 Å². The molecule has 92 valence electrons. The van der Waals surface area contributed by atoms with Crippen LogP contribution in [0.15, 0.2) is 23.1 Å². The summed E-state index contributed by atoms with van der Waals surface area (Å²) in [5.41, 5.74) is 1.15. The Bertz CT molecular complexity index is 404. The van der Waals surface area contributed by atoms with Crippen molar-refractivity contribution >= 4 is 11.8 Å². The van der Waals surface area contributed by atoms with E-state index < -0.39 is 0 Å². The summed E-state index contributed by atoms with van der Waals surface area (Å²) in [6.45, 7) is 2.13. The smallest absolute Gasteiger partial charge is 0.123 e. The lowest BCUT2D eigenvalue weighted by molar-refractivity contribution is 0.437. The molecule has 0 amide bonds. The highest BCUT2D eigenvalue weighted by molar-refractivity contribution is 7.99. The van der Waals surface area contributed by atoms with Crippen LogP contribution in [0.2, 0.25) is 0 Å². The van der Waals surface area contributed by atoms with Crippen LogP contribution in [0.1, 0.15) is 24.4 Å². The third kappa shape index (κ3) is 2.49. The summed E-state index contributed by atoms with van der Waals surface area (Å²) in [7, 11) is 0. The van der Waals surface area contributed by atoms with Gasteiger partial charge >= 0.3 is 0 Å². The predicted octanol–water partition coefficient (Wildman–Crippen LogP) is 2.31. The Hall–Kier alpha value is -0.580. The Balaban J connectivity index is 1.80. The van der Waals surface area contributed by atoms with Gasteiger partial charge in [0.1, 0.15) is 5.82 Å². The van der Waals surface area contributed by atoms with Crippen LogP contribution in [0.3, 0.4) is 0 Å². The Morgan fingerprint density at radius 2 is 2.29 bits per heavy atom. The van der Waals surface area contributed by atoms with Gasteiger partial charge in [-0.25, -0.2) is 4.39 Å². The molecule has 0 radical (unpaired) electrons. The number of benzene rings is 1. The molecule has 3 rings (SSSR count). The van der Waals surface area contributed by atoms with Gasteiger partial charge in [-0.3, -0.25) is 0 Å². The summed E-state index contributed by atoms with van der Waals surface area (Å²) < 4.78 is 13.3. The minimum atomic E-state index is -0.123. The van der Waals surface area contributed by atoms with E-state index in [1.807, 2.05) is 17.8 Å². The van der Waals surface area contributed by atoms with E-state index in [2.05, 4.69) is 10.6 Å². The third-order valence-electron chi connectivity index (χ3n) is 3.51. The van der Waals surface area contributed by atoms with Gasteiger partial charge in [-0.2, -0.15) is 0 Å². The first-order chi connectivity index (χ1) is 8.33. The second-order valence-corrected chi connectivity index (χ2v) is 5.87. The molecule has 0 aromatic heterocycles. The molecule has 0 saturated carbocycles. The topological polar surface area (TPSA) is 24.1 Å². The van der Waals surface area contributed by atoms with E-state index in [-0.39, 0.29) is 5.82 Å². The molecule has 2 atom stereocenters. The highest BCUT2D eigenvalue weighted by Gasteiger charge is 2.24. The largest absolute Gasteiger partial charge is 0.315 e. The first-order valence-corrected chi connectivity index (χ1v) is 7.20. The van der Waals surface area contributed by atoms with Crippen LogP contribution in [0.25, 0.3) is 0 Å². The van der Waals surface area contributed by atoms with Crippen LogP contribution in [0, 0.1) is 5.82 Å². The molecule has 2 heterocycles. The minimum absolute atomic E-state index is 0.123. The summed E-state index contributed by atoms with van der Waals surface area (Å²) in [4.78, 5) is 1.24. The van der Waals surface area contributed by atoms with Crippen LogP contribution in [0.4, 0.5) is 4.39 Å². The molecule has 2 aliphatic heterocycles. The standard InChI is InChI=1S/C13H17FN2S/c14-9-1-2-13-11(7-9)12(4-6-17-13)16-10-3-5-15-8-10/h1-2,7,10,12,15-16H,3-6,8H2. The Morgan fingerprint density at radius 1 is 1.35 bits per heavy atom. The first-order valence-electron chi connectivity index (χ1n) is 6.22. The van der Waals surface area contributed by atoms with Crippen LogP contribution in [-0.2, 0) is 0 Å². The molecule has 2 aliphatic rings. The van der Waals surface area contributed by atoms with E-state index in [1.165, 1.54) is 11.3 Å². The lowest BCUT2D eigenvalue weighted by Gasteiger charge is -2.28. The van der Waals surface area contributed by atoms with Gasteiger partial charge in [0.05, 0.1) is 0 Å². The van der Waals surface area contributed by atoms with Gasteiger partial charge in [-0.15, -0.1) is 11.8 Å². The van der Waals surface area contributed by atoms with Gasteiger partial charge in [0.2, 0.25) is 0 Å². The molecule has 2 nitrogen and oxygen atoms in total. The highest BCUT2D eigenvalue weighted by Crippen LogP contribution is 2.36. The molecule has 2 unspecified atom stereocenters. The summed E-state index contributed by atoms with van der Waals surface area (Å²) in [6, 6.07) is 6.04. The number of hydrogen-bond acceptors (Lipinski definition) is 3. The van der Waals surface area contributed by atoms with Crippen molar-refractivity contribution in [3.8, 4) is 0 Å². The number of nitrogens with one attached hydrogen (secondary N) is 2. The number of fused-ring (bicyclic) bond motifs is 1. The fraction of sp³-hybridized carbons (Fsp3) is 0.538. The zero-order valence-electron chi connectivity index (χ0n) is 9.71. The fourth-order valence-electron chi connectivity index (χ4n) is 2.62. The summed E-state index contributed by atoms with van der Waals surface area (Å²) in [5.74, 6) is 0.999. The van der Waals surface area contributed by atoms with Crippen molar-refractivity contribution in [1.29, 1.82) is 0 Å². The fourth-order valence-corrected chi connectivity index (χ4v) is 3.73. The summed E-state index contributed by atoms with van der Waals surface area (Å²) in [6.07, 6.45) is 2.27. The molecule has 0 bridgehead atoms. The van der Waals surface area contributed by atoms with Crippen LogP contribution < -0.4 is 10.6 Å². The average Bonchev–Trinajstić information content (AvgIpc) is 2.83. The zero-order valence-corrected chi connectivity index (χ0v) is 10.5. The van der Waals surface area contributed by atoms with Gasteiger partial charge in [-0.1, -0.05) is 0 Å². The molecule has 4 heteroatoms. The van der Waals surface area contributed by atoms with Crippen molar-refractivity contribution in [1.82, 2.24) is 10.6 Å². The maximum Gasteiger partial charge on any atom is 0.123 e. The Kier molecular flexibility index (Phi) is 3.36. The number of hydrogen-bond donors (Lipinski definition) is 2. The van der Waals surface area contributed by atoms with Crippen molar-refractivity contribution in [3.63, 3.8) is 0 Å². The van der Waals surface area contributed by atoms with E-state index in [0.29, 0.717) is 12.1 Å². The second-order valence-electron chi connectivity index (χ2n) is 4.73. The van der Waals surface area contributed by atoms with Crippen molar-refractivity contribution in [2.45, 2.75) is 29.8 Å². The molecule has 1 saturated heterocycles. The van der Waals surface area contributed by atoms with E-state index in [0.717, 1.165) is 30.8 Å². The molecule has 0 aliphatic carbocycles. The average molecular weight is 252 g/mol. The van der Waals surface area contributed by atoms with Gasteiger partial charge in [0.15, 0.2) is 0 Å². The maximum atomic E-state index is 13.3. The third-order valence-corrected chi connectivity index (χ3v) is 4.63. The molecular weight excluding hydrogens is 235 g/mol. The molecule has 1 aromatic carbocycles. The van der Waals surface area contributed by atoms with E-state index in [1.54, 1.807) is 12.1 Å². The predicted molar refractivity (Wildman–Crippen MR) is 68.9 cm³/mol. The molecular formula is C13H17FN2S. The van der Waals surface area contributed by atoms with E-state index in [9.17, 15) is 4.39 Å². The minimum Gasteiger partial charge on any atom is -0.315 e. The van der Waals surface area contributed by atoms with Gasteiger partial charge in [-0.05, 0) is 48.9 Å². The number of thioether (sulfide) groups is 1. The lowest BCUT2D eigenvalue weighted by atomic mass is 10.0. The SMILES string of the molecule is Fc1ccc2c(c1)C(NC1CCNC1)CCS2. The first kappa shape index (κ1) is 11.5. The van der Waals surface area contributed by atoms with Crippen molar-refractivity contribution in [2.75, 3.05) is 18.8 Å². The number of rotatable bonds is 2. The Morgan fingerprint density at radius 3 is 3.12 bits per heavy atom. The molecule has 17 heavy (non-hydrogen) atoms. The quantitative estimate of drug-likeness (QED) is 0.844. The highest BCUT2D eigenvalue weighted by atomic mass is 32.2. The summed E-state index contributed by atoms with van der Waals surface area (Å²) >= 11 is 1.84. The zero-order chi connectivity index (χ0) is 11.7. The molecule has 1 fully saturated rings. The van der Waals surface area contributed by atoms with Crippen molar-refractivity contribution in [2.24, 2.45) is 0 Å². The van der Waals surface area contributed by atoms with Crippen LogP contribution >= 0.6 is 11.8 Å². The van der Waals surface area contributed by atoms with E-state index >= 15 is 0 Å². The lowest BCUT2D eigenvalue weighted by Crippen LogP contribution is -2.35. The second kappa shape index (κ2) is 4.96. The molecule has 2 N–H and O–H groups in total. The van der Waals surface area contributed by atoms with Crippen molar-refractivity contribution < 1.29 is 4.39 Å². The molecule has 1 aromatic rings. The van der Waals surface area contributed by atoms with E-state index in [4.69, 9.17) is 0 Å². The monoisotopic (exact) mass is 252 g/mol. The summed E-state index contributed by atoms with van der Waals surface area (Å²) in [5, 5.41) is 7.01. The van der Waals surface area contributed by atoms with Crippen LogP contribution in [0.5, 0.6) is 0 Å². The Labute approximate surface area is 105 Å². The number of halogens is 1. The molecule has 0 spiro atoms. The van der Waals surface area contributed by atoms with Crippen molar-refractivity contribution in [3.05, 3.63) is 29.6 Å². The normalized spacial score (nSPS) is 28.1. The van der Waals surface area contributed by atoms with Crippen LogP contribution in [-0.4, -0.2) is 24.9 Å². The van der Waals surface area contributed by atoms with Gasteiger partial charge in [0, 0.05) is 23.5 Å². The maximum absolute atomic E-state index is 13.3.